The Morgan fingerprint density at radius 2 is 1.54 bits per heavy atom. The van der Waals surface area contributed by atoms with Crippen molar-refractivity contribution in [3.05, 3.63) is 102 Å². The number of benzene rings is 3. The number of carbonyl (C=O) groups excluding carboxylic acids is 1. The van der Waals surface area contributed by atoms with Gasteiger partial charge in [0, 0.05) is 23.6 Å². The van der Waals surface area contributed by atoms with E-state index in [4.69, 9.17) is 0 Å². The molecule has 1 aromatic heterocycles. The van der Waals surface area contributed by atoms with Crippen LogP contribution in [0.4, 0.5) is 10.1 Å². The maximum atomic E-state index is 13.7. The van der Waals surface area contributed by atoms with Crippen LogP contribution in [0, 0.1) is 12.7 Å². The summed E-state index contributed by atoms with van der Waals surface area (Å²) in [6.45, 7) is 3.99. The van der Waals surface area contributed by atoms with Gasteiger partial charge in [-0.05, 0) is 48.9 Å². The number of rotatable bonds is 6. The Kier molecular flexibility index (Phi) is 6.49. The second kappa shape index (κ2) is 9.24. The molecule has 180 valence electrons. The summed E-state index contributed by atoms with van der Waals surface area (Å²) >= 11 is 0. The molecule has 4 rings (SSSR count). The average molecular weight is 492 g/mol. The number of halogens is 1. The van der Waals surface area contributed by atoms with Crippen molar-refractivity contribution in [2.75, 3.05) is 13.3 Å². The molecule has 0 saturated heterocycles. The van der Waals surface area contributed by atoms with Gasteiger partial charge >= 0.3 is 5.91 Å². The number of nitrogens with zero attached hydrogens (tertiary/aromatic N) is 2. The van der Waals surface area contributed by atoms with Crippen LogP contribution in [-0.2, 0) is 21.2 Å². The SMILES string of the molecule is CC(=O)[N+](C)(Cc1ccccc1)c1cc(-c2ccc(S(C)(=O)=O)cc2)n(-c2ccc(F)cc2)c1C. The molecule has 5 nitrogen and oxygen atoms in total. The van der Waals surface area contributed by atoms with Crippen molar-refractivity contribution < 1.29 is 17.6 Å². The topological polar surface area (TPSA) is 56.1 Å². The van der Waals surface area contributed by atoms with Crippen LogP contribution < -0.4 is 4.48 Å². The molecule has 0 aliphatic rings. The molecular weight excluding hydrogens is 463 g/mol. The lowest BCUT2D eigenvalue weighted by atomic mass is 10.1. The van der Waals surface area contributed by atoms with Crippen molar-refractivity contribution in [3.8, 4) is 16.9 Å². The van der Waals surface area contributed by atoms with E-state index in [1.807, 2.05) is 54.9 Å². The minimum Gasteiger partial charge on any atom is -0.308 e. The lowest BCUT2D eigenvalue weighted by Crippen LogP contribution is -2.48. The molecule has 0 fully saturated rings. The zero-order valence-electron chi connectivity index (χ0n) is 20.2. The van der Waals surface area contributed by atoms with E-state index in [0.29, 0.717) is 6.54 Å². The minimum atomic E-state index is -3.34. The van der Waals surface area contributed by atoms with Gasteiger partial charge in [0.25, 0.3) is 0 Å². The van der Waals surface area contributed by atoms with Crippen molar-refractivity contribution in [1.82, 2.24) is 9.05 Å². The summed E-state index contributed by atoms with van der Waals surface area (Å²) in [7, 11) is -1.44. The molecular formula is C28H28FN2O3S+. The number of quaternary nitrogens is 1. The molecule has 4 aromatic rings. The summed E-state index contributed by atoms with van der Waals surface area (Å²) < 4.78 is 39.6. The van der Waals surface area contributed by atoms with Crippen molar-refractivity contribution >= 4 is 21.4 Å². The third kappa shape index (κ3) is 4.83. The molecule has 7 heteroatoms. The number of amides is 1. The van der Waals surface area contributed by atoms with E-state index < -0.39 is 9.84 Å². The third-order valence-electron chi connectivity index (χ3n) is 6.45. The molecule has 35 heavy (non-hydrogen) atoms. The van der Waals surface area contributed by atoms with E-state index in [-0.39, 0.29) is 21.1 Å². The lowest BCUT2D eigenvalue weighted by molar-refractivity contribution is -0.127. The van der Waals surface area contributed by atoms with Gasteiger partial charge in [0.15, 0.2) is 15.5 Å². The number of carbonyl (C=O) groups is 1. The molecule has 0 aliphatic heterocycles. The Labute approximate surface area is 205 Å². The third-order valence-corrected chi connectivity index (χ3v) is 7.58. The number of sulfone groups is 1. The molecule has 0 radical (unpaired) electrons. The monoisotopic (exact) mass is 491 g/mol. The molecule has 1 amide bonds. The van der Waals surface area contributed by atoms with Gasteiger partial charge in [-0.2, -0.15) is 0 Å². The highest BCUT2D eigenvalue weighted by molar-refractivity contribution is 7.90. The Hall–Kier alpha value is -3.55. The van der Waals surface area contributed by atoms with E-state index in [2.05, 4.69) is 0 Å². The molecule has 3 aromatic carbocycles. The van der Waals surface area contributed by atoms with Crippen LogP contribution >= 0.6 is 0 Å². The zero-order chi connectivity index (χ0) is 25.4. The molecule has 0 aliphatic carbocycles. The van der Waals surface area contributed by atoms with Crippen molar-refractivity contribution in [1.29, 1.82) is 0 Å². The van der Waals surface area contributed by atoms with E-state index in [1.165, 1.54) is 18.4 Å². The Morgan fingerprint density at radius 3 is 2.09 bits per heavy atom. The van der Waals surface area contributed by atoms with Crippen molar-refractivity contribution in [3.63, 3.8) is 0 Å². The Bertz CT molecular complexity index is 1480. The van der Waals surface area contributed by atoms with Gasteiger partial charge in [-0.15, -0.1) is 0 Å². The van der Waals surface area contributed by atoms with Gasteiger partial charge in [-0.1, -0.05) is 42.5 Å². The smallest absolute Gasteiger partial charge is 0.308 e. The van der Waals surface area contributed by atoms with Crippen LogP contribution in [0.2, 0.25) is 0 Å². The Morgan fingerprint density at radius 1 is 0.943 bits per heavy atom. The Balaban J connectivity index is 1.94. The standard InChI is InChI=1S/C28H28FN2O3S/c1-20-28(31(3,21(2)32)19-22-8-6-5-7-9-22)18-27(30(20)25-14-12-24(29)13-15-25)23-10-16-26(17-11-23)35(4,33)34/h5-18H,19H2,1-4H3/q+1. The molecule has 0 saturated carbocycles. The van der Waals surface area contributed by atoms with Gasteiger partial charge in [0.2, 0.25) is 0 Å². The predicted molar refractivity (Wildman–Crippen MR) is 138 cm³/mol. The van der Waals surface area contributed by atoms with Gasteiger partial charge in [0.1, 0.15) is 12.4 Å². The van der Waals surface area contributed by atoms with E-state index in [1.54, 1.807) is 43.3 Å². The number of hydrogen-bond donors (Lipinski definition) is 0. The molecule has 0 N–H and O–H groups in total. The highest BCUT2D eigenvalue weighted by Gasteiger charge is 2.36. The van der Waals surface area contributed by atoms with Crippen LogP contribution in [0.1, 0.15) is 18.2 Å². The van der Waals surface area contributed by atoms with Gasteiger partial charge in [-0.25, -0.2) is 22.1 Å². The minimum absolute atomic E-state index is 0.0211. The number of aromatic nitrogens is 1. The van der Waals surface area contributed by atoms with Crippen LogP contribution in [-0.4, -0.2) is 32.2 Å². The first-order valence-corrected chi connectivity index (χ1v) is 13.1. The summed E-state index contributed by atoms with van der Waals surface area (Å²) in [5.74, 6) is -0.363. The summed E-state index contributed by atoms with van der Waals surface area (Å²) in [5, 5.41) is 0. The summed E-state index contributed by atoms with van der Waals surface area (Å²) in [5.41, 5.74) is 4.99. The highest BCUT2D eigenvalue weighted by Crippen LogP contribution is 2.38. The normalized spacial score (nSPS) is 13.4. The van der Waals surface area contributed by atoms with Gasteiger partial charge in [-0.3, -0.25) is 0 Å². The van der Waals surface area contributed by atoms with Gasteiger partial charge < -0.3 is 4.57 Å². The second-order valence-corrected chi connectivity index (χ2v) is 11.0. The maximum Gasteiger partial charge on any atom is 0.315 e. The van der Waals surface area contributed by atoms with Crippen LogP contribution in [0.15, 0.2) is 89.8 Å². The molecule has 1 unspecified atom stereocenters. The molecule has 1 atom stereocenters. The van der Waals surface area contributed by atoms with E-state index in [0.717, 1.165) is 33.9 Å². The fourth-order valence-electron chi connectivity index (χ4n) is 4.42. The lowest BCUT2D eigenvalue weighted by Gasteiger charge is -2.30. The summed E-state index contributed by atoms with van der Waals surface area (Å²) in [6, 6.07) is 24.6. The largest absolute Gasteiger partial charge is 0.315 e. The van der Waals surface area contributed by atoms with E-state index in [9.17, 15) is 17.6 Å². The van der Waals surface area contributed by atoms with Gasteiger partial charge in [0.05, 0.1) is 30.3 Å². The average Bonchev–Trinajstić information content (AvgIpc) is 3.17. The fraction of sp³-hybridized carbons (Fsp3) is 0.179. The van der Waals surface area contributed by atoms with Crippen LogP contribution in [0.3, 0.4) is 0 Å². The van der Waals surface area contributed by atoms with Crippen molar-refractivity contribution in [2.45, 2.75) is 25.3 Å². The predicted octanol–water partition coefficient (Wildman–Crippen LogP) is 5.68. The van der Waals surface area contributed by atoms with Crippen LogP contribution in [0.25, 0.3) is 16.9 Å². The first-order chi connectivity index (χ1) is 16.5. The second-order valence-electron chi connectivity index (χ2n) is 8.96. The molecule has 1 heterocycles. The first-order valence-electron chi connectivity index (χ1n) is 11.2. The summed E-state index contributed by atoms with van der Waals surface area (Å²) in [4.78, 5) is 13.3. The zero-order valence-corrected chi connectivity index (χ0v) is 21.0. The number of hydrogen-bond acceptors (Lipinski definition) is 3. The van der Waals surface area contributed by atoms with Crippen LogP contribution in [0.5, 0.6) is 0 Å². The maximum absolute atomic E-state index is 13.7. The quantitative estimate of drug-likeness (QED) is 0.326. The van der Waals surface area contributed by atoms with E-state index >= 15 is 0 Å². The first kappa shape index (κ1) is 24.6. The molecule has 0 bridgehead atoms. The fourth-order valence-corrected chi connectivity index (χ4v) is 5.05. The summed E-state index contributed by atoms with van der Waals surface area (Å²) in [6.07, 6.45) is 1.17. The van der Waals surface area contributed by atoms with Crippen molar-refractivity contribution in [2.24, 2.45) is 0 Å². The highest BCUT2D eigenvalue weighted by atomic mass is 32.2. The molecule has 0 spiro atoms.